The van der Waals surface area contributed by atoms with Crippen molar-refractivity contribution in [3.63, 3.8) is 0 Å². The molecule has 0 aliphatic carbocycles. The van der Waals surface area contributed by atoms with Gasteiger partial charge in [-0.2, -0.15) is 0 Å². The summed E-state index contributed by atoms with van der Waals surface area (Å²) < 4.78 is 15.6. The second kappa shape index (κ2) is 6.23. The molecule has 1 rings (SSSR count). The molecule has 0 bridgehead atoms. The second-order valence-corrected chi connectivity index (χ2v) is 3.49. The van der Waals surface area contributed by atoms with E-state index in [-0.39, 0.29) is 6.10 Å². The van der Waals surface area contributed by atoms with Crippen LogP contribution in [0.15, 0.2) is 18.2 Å². The van der Waals surface area contributed by atoms with E-state index in [1.807, 2.05) is 25.1 Å². The van der Waals surface area contributed by atoms with Crippen LogP contribution in [0.4, 0.5) is 5.69 Å². The molecule has 0 radical (unpaired) electrons. The van der Waals surface area contributed by atoms with Gasteiger partial charge in [-0.3, -0.25) is 0 Å². The van der Waals surface area contributed by atoms with Gasteiger partial charge in [0.1, 0.15) is 11.5 Å². The highest BCUT2D eigenvalue weighted by atomic mass is 16.5. The Hall–Kier alpha value is -1.42. The first-order chi connectivity index (χ1) is 7.71. The normalized spacial score (nSPS) is 12.0. The molecule has 0 amide bonds. The molecule has 0 aliphatic heterocycles. The van der Waals surface area contributed by atoms with Crippen LogP contribution in [0, 0.1) is 0 Å². The maximum Gasteiger partial charge on any atom is 0.142 e. The van der Waals surface area contributed by atoms with E-state index in [0.717, 1.165) is 23.7 Å². The minimum absolute atomic E-state index is 0.149. The molecule has 0 saturated heterocycles. The molecule has 1 unspecified atom stereocenters. The van der Waals surface area contributed by atoms with Crippen molar-refractivity contribution in [1.29, 1.82) is 0 Å². The zero-order valence-electron chi connectivity index (χ0n) is 10.2. The summed E-state index contributed by atoms with van der Waals surface area (Å²) in [7, 11) is 4.98. The Kier molecular flexibility index (Phi) is 4.92. The Balaban J connectivity index is 2.75. The summed E-state index contributed by atoms with van der Waals surface area (Å²) in [6.07, 6.45) is 0.149. The summed E-state index contributed by atoms with van der Waals surface area (Å²) in [4.78, 5) is 0. The van der Waals surface area contributed by atoms with Crippen molar-refractivity contribution in [2.24, 2.45) is 0 Å². The standard InChI is InChI=1S/C12H19NO3/c1-9(14-2)8-13-11-7-10(15-3)5-6-12(11)16-4/h5-7,9,13H,8H2,1-4H3. The van der Waals surface area contributed by atoms with Crippen molar-refractivity contribution >= 4 is 5.69 Å². The molecule has 0 saturated carbocycles. The first-order valence-corrected chi connectivity index (χ1v) is 5.20. The number of rotatable bonds is 6. The van der Waals surface area contributed by atoms with Crippen LogP contribution in [0.1, 0.15) is 6.92 Å². The van der Waals surface area contributed by atoms with Crippen LogP contribution < -0.4 is 14.8 Å². The van der Waals surface area contributed by atoms with Crippen LogP contribution >= 0.6 is 0 Å². The molecular weight excluding hydrogens is 206 g/mol. The van der Waals surface area contributed by atoms with Crippen molar-refractivity contribution in [2.45, 2.75) is 13.0 Å². The average molecular weight is 225 g/mol. The molecule has 0 heterocycles. The van der Waals surface area contributed by atoms with Gasteiger partial charge in [0, 0.05) is 19.7 Å². The maximum atomic E-state index is 5.25. The number of hydrogen-bond acceptors (Lipinski definition) is 4. The lowest BCUT2D eigenvalue weighted by Crippen LogP contribution is -2.18. The van der Waals surface area contributed by atoms with Crippen LogP contribution in [0.2, 0.25) is 0 Å². The van der Waals surface area contributed by atoms with E-state index in [2.05, 4.69) is 5.32 Å². The molecule has 0 aliphatic rings. The van der Waals surface area contributed by atoms with Gasteiger partial charge < -0.3 is 19.5 Å². The van der Waals surface area contributed by atoms with Crippen molar-refractivity contribution < 1.29 is 14.2 Å². The molecule has 1 atom stereocenters. The van der Waals surface area contributed by atoms with E-state index < -0.39 is 0 Å². The van der Waals surface area contributed by atoms with E-state index in [4.69, 9.17) is 14.2 Å². The monoisotopic (exact) mass is 225 g/mol. The average Bonchev–Trinajstić information content (AvgIpc) is 2.35. The van der Waals surface area contributed by atoms with Gasteiger partial charge >= 0.3 is 0 Å². The van der Waals surface area contributed by atoms with E-state index in [1.54, 1.807) is 21.3 Å². The van der Waals surface area contributed by atoms with Gasteiger partial charge in [0.25, 0.3) is 0 Å². The summed E-state index contributed by atoms with van der Waals surface area (Å²) in [5.74, 6) is 1.59. The van der Waals surface area contributed by atoms with Crippen LogP contribution in [0.5, 0.6) is 11.5 Å². The zero-order chi connectivity index (χ0) is 12.0. The molecule has 4 heteroatoms. The van der Waals surface area contributed by atoms with Gasteiger partial charge in [-0.05, 0) is 19.1 Å². The number of nitrogens with one attached hydrogen (secondary N) is 1. The Morgan fingerprint density at radius 1 is 1.19 bits per heavy atom. The van der Waals surface area contributed by atoms with E-state index in [0.29, 0.717) is 0 Å². The van der Waals surface area contributed by atoms with Gasteiger partial charge in [-0.1, -0.05) is 0 Å². The quantitative estimate of drug-likeness (QED) is 0.805. The Morgan fingerprint density at radius 2 is 1.94 bits per heavy atom. The minimum Gasteiger partial charge on any atom is -0.497 e. The van der Waals surface area contributed by atoms with Crippen LogP contribution in [0.3, 0.4) is 0 Å². The number of methoxy groups -OCH3 is 3. The van der Waals surface area contributed by atoms with Crippen molar-refractivity contribution in [2.75, 3.05) is 33.2 Å². The third-order valence-corrected chi connectivity index (χ3v) is 2.39. The molecular formula is C12H19NO3. The van der Waals surface area contributed by atoms with Gasteiger partial charge in [0.15, 0.2) is 0 Å². The molecule has 0 fully saturated rings. The van der Waals surface area contributed by atoms with Crippen molar-refractivity contribution in [3.05, 3.63) is 18.2 Å². The molecule has 1 N–H and O–H groups in total. The SMILES string of the molecule is COc1ccc(OC)c(NCC(C)OC)c1. The number of hydrogen-bond donors (Lipinski definition) is 1. The van der Waals surface area contributed by atoms with E-state index in [1.165, 1.54) is 0 Å². The predicted molar refractivity (Wildman–Crippen MR) is 64.5 cm³/mol. The largest absolute Gasteiger partial charge is 0.497 e. The number of ether oxygens (including phenoxy) is 3. The predicted octanol–water partition coefficient (Wildman–Crippen LogP) is 2.15. The fourth-order valence-corrected chi connectivity index (χ4v) is 1.29. The third kappa shape index (κ3) is 3.31. The van der Waals surface area contributed by atoms with Crippen LogP contribution in [0.25, 0.3) is 0 Å². The lowest BCUT2D eigenvalue weighted by atomic mass is 10.2. The van der Waals surface area contributed by atoms with Gasteiger partial charge in [-0.25, -0.2) is 0 Å². The molecule has 0 aromatic heterocycles. The summed E-state index contributed by atoms with van der Waals surface area (Å²) >= 11 is 0. The summed E-state index contributed by atoms with van der Waals surface area (Å²) in [5.41, 5.74) is 0.908. The first-order valence-electron chi connectivity index (χ1n) is 5.20. The Labute approximate surface area is 96.5 Å². The van der Waals surface area contributed by atoms with Crippen molar-refractivity contribution in [1.82, 2.24) is 0 Å². The topological polar surface area (TPSA) is 39.7 Å². The first kappa shape index (κ1) is 12.6. The minimum atomic E-state index is 0.149. The lowest BCUT2D eigenvalue weighted by molar-refractivity contribution is 0.128. The summed E-state index contributed by atoms with van der Waals surface area (Å²) in [6.45, 7) is 2.72. The van der Waals surface area contributed by atoms with Gasteiger partial charge in [0.2, 0.25) is 0 Å². The molecule has 0 spiro atoms. The van der Waals surface area contributed by atoms with Gasteiger partial charge in [-0.15, -0.1) is 0 Å². The third-order valence-electron chi connectivity index (χ3n) is 2.39. The Bertz CT molecular complexity index is 328. The smallest absolute Gasteiger partial charge is 0.142 e. The Morgan fingerprint density at radius 3 is 2.50 bits per heavy atom. The molecule has 1 aromatic carbocycles. The highest BCUT2D eigenvalue weighted by Crippen LogP contribution is 2.28. The lowest BCUT2D eigenvalue weighted by Gasteiger charge is -2.15. The van der Waals surface area contributed by atoms with Crippen molar-refractivity contribution in [3.8, 4) is 11.5 Å². The second-order valence-electron chi connectivity index (χ2n) is 3.49. The highest BCUT2D eigenvalue weighted by Gasteiger charge is 2.06. The highest BCUT2D eigenvalue weighted by molar-refractivity contribution is 5.59. The number of benzene rings is 1. The molecule has 90 valence electrons. The molecule has 4 nitrogen and oxygen atoms in total. The van der Waals surface area contributed by atoms with E-state index >= 15 is 0 Å². The van der Waals surface area contributed by atoms with Crippen LogP contribution in [-0.2, 0) is 4.74 Å². The van der Waals surface area contributed by atoms with E-state index in [9.17, 15) is 0 Å². The summed E-state index contributed by atoms with van der Waals surface area (Å²) in [5, 5.41) is 3.26. The van der Waals surface area contributed by atoms with Gasteiger partial charge in [0.05, 0.1) is 26.0 Å². The fourth-order valence-electron chi connectivity index (χ4n) is 1.29. The maximum absolute atomic E-state index is 5.25. The molecule has 1 aromatic rings. The number of anilines is 1. The zero-order valence-corrected chi connectivity index (χ0v) is 10.2. The fraction of sp³-hybridized carbons (Fsp3) is 0.500. The summed E-state index contributed by atoms with van der Waals surface area (Å²) in [6, 6.07) is 5.64. The van der Waals surface area contributed by atoms with Crippen LogP contribution in [-0.4, -0.2) is 34.0 Å². The molecule has 16 heavy (non-hydrogen) atoms.